The number of aromatic amines is 1. The van der Waals surface area contributed by atoms with Crippen LogP contribution in [-0.4, -0.2) is 33.6 Å². The molecule has 2 fully saturated rings. The topological polar surface area (TPSA) is 24.0 Å². The lowest BCUT2D eigenvalue weighted by molar-refractivity contribution is 0.0384. The Morgan fingerprint density at radius 2 is 1.75 bits per heavy atom. The van der Waals surface area contributed by atoms with Crippen molar-refractivity contribution >= 4 is 12.2 Å². The van der Waals surface area contributed by atoms with Crippen molar-refractivity contribution in [2.24, 2.45) is 0 Å². The van der Waals surface area contributed by atoms with Gasteiger partial charge in [-0.1, -0.05) is 27.2 Å². The van der Waals surface area contributed by atoms with Crippen molar-refractivity contribution in [1.29, 1.82) is 0 Å². The maximum absolute atomic E-state index is 5.58. The van der Waals surface area contributed by atoms with E-state index in [4.69, 9.17) is 12.2 Å². The van der Waals surface area contributed by atoms with Crippen LogP contribution in [0.15, 0.2) is 6.20 Å². The van der Waals surface area contributed by atoms with Gasteiger partial charge < -0.3 is 14.5 Å². The molecule has 2 atom stereocenters. The highest BCUT2D eigenvalue weighted by Crippen LogP contribution is 2.40. The van der Waals surface area contributed by atoms with Crippen LogP contribution in [0.2, 0.25) is 0 Å². The molecule has 3 nitrogen and oxygen atoms in total. The summed E-state index contributed by atoms with van der Waals surface area (Å²) in [6, 6.07) is 2.07. The standard InChI is InChI=1S/C16H27N3S/c1-16(2,3)14-10-17-15(20)19(14)13-8-11-6-5-7-12(9-13)18(11)4/h10-13H,5-9H2,1-4H3,(H,17,20). The van der Waals surface area contributed by atoms with Crippen molar-refractivity contribution in [2.75, 3.05) is 7.05 Å². The summed E-state index contributed by atoms with van der Waals surface area (Å²) in [4.78, 5) is 5.90. The second-order valence-corrected chi connectivity index (χ2v) is 8.02. The fourth-order valence-corrected chi connectivity index (χ4v) is 4.42. The number of aromatic nitrogens is 2. The predicted octanol–water partition coefficient (Wildman–Crippen LogP) is 4.03. The van der Waals surface area contributed by atoms with E-state index in [0.717, 1.165) is 16.9 Å². The molecule has 0 radical (unpaired) electrons. The smallest absolute Gasteiger partial charge is 0.177 e. The summed E-state index contributed by atoms with van der Waals surface area (Å²) < 4.78 is 3.33. The van der Waals surface area contributed by atoms with Gasteiger partial charge in [-0.3, -0.25) is 0 Å². The number of nitrogens with one attached hydrogen (secondary N) is 1. The molecule has 1 N–H and O–H groups in total. The van der Waals surface area contributed by atoms with Gasteiger partial charge in [-0.05, 0) is 44.9 Å². The predicted molar refractivity (Wildman–Crippen MR) is 85.8 cm³/mol. The van der Waals surface area contributed by atoms with Gasteiger partial charge in [0.15, 0.2) is 4.77 Å². The van der Waals surface area contributed by atoms with Crippen molar-refractivity contribution in [3.63, 3.8) is 0 Å². The Labute approximate surface area is 127 Å². The highest BCUT2D eigenvalue weighted by molar-refractivity contribution is 7.71. The summed E-state index contributed by atoms with van der Waals surface area (Å²) in [5.41, 5.74) is 1.50. The van der Waals surface area contributed by atoms with Gasteiger partial charge in [-0.2, -0.15) is 0 Å². The second-order valence-electron chi connectivity index (χ2n) is 7.63. The molecular weight excluding hydrogens is 266 g/mol. The normalized spacial score (nSPS) is 31.5. The van der Waals surface area contributed by atoms with Crippen molar-refractivity contribution in [3.05, 3.63) is 16.7 Å². The SMILES string of the molecule is CN1C2CCCC1CC(n1c(C(C)(C)C)c[nH]c1=S)C2. The molecule has 20 heavy (non-hydrogen) atoms. The molecule has 0 saturated carbocycles. The lowest BCUT2D eigenvalue weighted by Gasteiger charge is -2.47. The van der Waals surface area contributed by atoms with Crippen LogP contribution in [0, 0.1) is 4.77 Å². The Morgan fingerprint density at radius 3 is 2.30 bits per heavy atom. The van der Waals surface area contributed by atoms with E-state index in [1.165, 1.54) is 37.8 Å². The first-order valence-corrected chi connectivity index (χ1v) is 8.31. The molecule has 2 unspecified atom stereocenters. The number of H-pyrrole nitrogens is 1. The quantitative estimate of drug-likeness (QED) is 0.790. The number of fused-ring (bicyclic) bond motifs is 2. The molecule has 3 heterocycles. The third-order valence-electron chi connectivity index (χ3n) is 5.26. The molecule has 2 bridgehead atoms. The zero-order chi connectivity index (χ0) is 14.5. The zero-order valence-electron chi connectivity index (χ0n) is 13.1. The van der Waals surface area contributed by atoms with Gasteiger partial charge in [0.25, 0.3) is 0 Å². The number of hydrogen-bond acceptors (Lipinski definition) is 2. The van der Waals surface area contributed by atoms with Crippen LogP contribution in [0.5, 0.6) is 0 Å². The minimum Gasteiger partial charge on any atom is -0.337 e. The summed E-state index contributed by atoms with van der Waals surface area (Å²) in [5.74, 6) is 0. The Balaban J connectivity index is 1.95. The molecule has 2 saturated heterocycles. The Hall–Kier alpha value is -0.610. The highest BCUT2D eigenvalue weighted by Gasteiger charge is 2.38. The van der Waals surface area contributed by atoms with Crippen molar-refractivity contribution < 1.29 is 0 Å². The van der Waals surface area contributed by atoms with E-state index >= 15 is 0 Å². The number of nitrogens with zero attached hydrogens (tertiary/aromatic N) is 2. The molecule has 112 valence electrons. The van der Waals surface area contributed by atoms with E-state index in [-0.39, 0.29) is 5.41 Å². The van der Waals surface area contributed by atoms with Crippen LogP contribution in [0.3, 0.4) is 0 Å². The summed E-state index contributed by atoms with van der Waals surface area (Å²) in [6.07, 6.45) is 8.73. The number of piperidine rings is 2. The number of rotatable bonds is 1. The van der Waals surface area contributed by atoms with Crippen LogP contribution >= 0.6 is 12.2 Å². The van der Waals surface area contributed by atoms with Crippen LogP contribution in [0.25, 0.3) is 0 Å². The van der Waals surface area contributed by atoms with E-state index in [2.05, 4.69) is 48.5 Å². The van der Waals surface area contributed by atoms with Crippen LogP contribution in [-0.2, 0) is 5.41 Å². The first-order chi connectivity index (χ1) is 9.38. The van der Waals surface area contributed by atoms with E-state index in [1.54, 1.807) is 0 Å². The van der Waals surface area contributed by atoms with Gasteiger partial charge in [-0.15, -0.1) is 0 Å². The molecule has 0 amide bonds. The Kier molecular flexibility index (Phi) is 3.57. The summed E-state index contributed by atoms with van der Waals surface area (Å²) >= 11 is 5.58. The maximum atomic E-state index is 5.58. The Morgan fingerprint density at radius 1 is 1.15 bits per heavy atom. The van der Waals surface area contributed by atoms with Crippen LogP contribution < -0.4 is 0 Å². The van der Waals surface area contributed by atoms with E-state index in [1.807, 2.05) is 0 Å². The fourth-order valence-electron chi connectivity index (χ4n) is 4.12. The molecule has 4 heteroatoms. The monoisotopic (exact) mass is 293 g/mol. The van der Waals surface area contributed by atoms with Crippen LogP contribution in [0.1, 0.15) is 64.6 Å². The van der Waals surface area contributed by atoms with E-state index in [0.29, 0.717) is 6.04 Å². The van der Waals surface area contributed by atoms with E-state index < -0.39 is 0 Å². The molecule has 0 aromatic carbocycles. The molecule has 1 aromatic heterocycles. The first kappa shape index (κ1) is 14.3. The largest absolute Gasteiger partial charge is 0.337 e. The average Bonchev–Trinajstić information content (AvgIpc) is 2.70. The minimum absolute atomic E-state index is 0.145. The van der Waals surface area contributed by atoms with Gasteiger partial charge in [0.05, 0.1) is 0 Å². The van der Waals surface area contributed by atoms with Crippen molar-refractivity contribution in [3.8, 4) is 0 Å². The van der Waals surface area contributed by atoms with Gasteiger partial charge >= 0.3 is 0 Å². The third-order valence-corrected chi connectivity index (χ3v) is 5.57. The zero-order valence-corrected chi connectivity index (χ0v) is 14.0. The van der Waals surface area contributed by atoms with Gasteiger partial charge in [0.1, 0.15) is 0 Å². The average molecular weight is 293 g/mol. The molecule has 0 aliphatic carbocycles. The number of imidazole rings is 1. The molecule has 3 rings (SSSR count). The van der Waals surface area contributed by atoms with Gasteiger partial charge in [0.2, 0.25) is 0 Å². The first-order valence-electron chi connectivity index (χ1n) is 7.90. The van der Waals surface area contributed by atoms with Crippen LogP contribution in [0.4, 0.5) is 0 Å². The lowest BCUT2D eigenvalue weighted by Crippen LogP contribution is -2.50. The summed E-state index contributed by atoms with van der Waals surface area (Å²) in [7, 11) is 2.31. The van der Waals surface area contributed by atoms with Crippen molar-refractivity contribution in [2.45, 2.75) is 76.4 Å². The molecule has 0 spiro atoms. The summed E-state index contributed by atoms with van der Waals surface area (Å²) in [6.45, 7) is 6.83. The maximum Gasteiger partial charge on any atom is 0.177 e. The minimum atomic E-state index is 0.145. The Bertz CT molecular complexity index is 523. The molecule has 2 aliphatic heterocycles. The molecule has 1 aromatic rings. The molecule has 2 aliphatic rings. The van der Waals surface area contributed by atoms with Gasteiger partial charge in [-0.25, -0.2) is 0 Å². The van der Waals surface area contributed by atoms with Gasteiger partial charge in [0, 0.05) is 35.4 Å². The lowest BCUT2D eigenvalue weighted by atomic mass is 9.81. The van der Waals surface area contributed by atoms with Crippen molar-refractivity contribution in [1.82, 2.24) is 14.5 Å². The second kappa shape index (κ2) is 4.99. The highest BCUT2D eigenvalue weighted by atomic mass is 32.1. The van der Waals surface area contributed by atoms with E-state index in [9.17, 15) is 0 Å². The fraction of sp³-hybridized carbons (Fsp3) is 0.812. The molecular formula is C16H27N3S. The third kappa shape index (κ3) is 2.37. The number of hydrogen-bond donors (Lipinski definition) is 1. The summed E-state index contributed by atoms with van der Waals surface area (Å²) in [5, 5.41) is 0.